The Kier molecular flexibility index (Phi) is 11.4. The molecule has 0 aliphatic heterocycles. The van der Waals surface area contributed by atoms with Crippen molar-refractivity contribution >= 4 is 5.96 Å². The van der Waals surface area contributed by atoms with E-state index in [1.54, 1.807) is 21.3 Å². The molecule has 1 aromatic rings. The molecule has 2 N–H and O–H groups in total. The smallest absolute Gasteiger partial charge is 0.191 e. The number of aliphatic imine (C=N–C) groups is 1. The van der Waals surface area contributed by atoms with Crippen LogP contribution in [0.25, 0.3) is 0 Å². The number of guanidine groups is 1. The fraction of sp³-hybridized carbons (Fsp3) is 0.632. The Morgan fingerprint density at radius 3 is 2.54 bits per heavy atom. The van der Waals surface area contributed by atoms with Crippen LogP contribution >= 0.6 is 0 Å². The summed E-state index contributed by atoms with van der Waals surface area (Å²) in [5.74, 6) is 1.67. The Morgan fingerprint density at radius 2 is 1.88 bits per heavy atom. The first kappa shape index (κ1) is 22.2. The van der Waals surface area contributed by atoms with Crippen molar-refractivity contribution < 1.29 is 14.2 Å². The molecule has 0 fully saturated rings. The van der Waals surface area contributed by atoms with Crippen LogP contribution < -0.4 is 15.4 Å². The first-order valence-electron chi connectivity index (χ1n) is 8.94. The summed E-state index contributed by atoms with van der Waals surface area (Å²) in [7, 11) is 9.28. The van der Waals surface area contributed by atoms with Crippen LogP contribution in [0.5, 0.6) is 5.75 Å². The first-order valence-corrected chi connectivity index (χ1v) is 8.94. The van der Waals surface area contributed by atoms with Crippen molar-refractivity contribution in [2.24, 2.45) is 4.99 Å². The molecule has 26 heavy (non-hydrogen) atoms. The highest BCUT2D eigenvalue weighted by molar-refractivity contribution is 5.79. The van der Waals surface area contributed by atoms with Crippen molar-refractivity contribution in [1.82, 2.24) is 15.5 Å². The third-order valence-electron chi connectivity index (χ3n) is 4.00. The number of nitrogens with zero attached hydrogens (tertiary/aromatic N) is 2. The molecular weight excluding hydrogens is 332 g/mol. The molecular formula is C19H34N4O3. The number of benzene rings is 1. The molecule has 1 rings (SSSR count). The molecule has 1 unspecified atom stereocenters. The van der Waals surface area contributed by atoms with Crippen LogP contribution in [0.4, 0.5) is 0 Å². The summed E-state index contributed by atoms with van der Waals surface area (Å²) in [5, 5.41) is 6.71. The molecule has 7 nitrogen and oxygen atoms in total. The van der Waals surface area contributed by atoms with Gasteiger partial charge in [-0.15, -0.1) is 0 Å². The highest BCUT2D eigenvalue weighted by Gasteiger charge is 2.18. The van der Waals surface area contributed by atoms with Crippen molar-refractivity contribution in [2.45, 2.75) is 12.5 Å². The highest BCUT2D eigenvalue weighted by atomic mass is 16.5. The number of hydrogen-bond donors (Lipinski definition) is 2. The highest BCUT2D eigenvalue weighted by Crippen LogP contribution is 2.27. The maximum atomic E-state index is 5.51. The number of likely N-dealkylation sites (N-methyl/N-ethyl adjacent to an activating group) is 1. The molecule has 0 aromatic heterocycles. The Morgan fingerprint density at radius 1 is 1.12 bits per heavy atom. The molecule has 0 amide bonds. The fourth-order valence-corrected chi connectivity index (χ4v) is 2.55. The standard InChI is InChI=1S/C19H34N4O3/c1-20-19(21-11-8-12-26-14-13-24-4)22-15-17(23(2)3)16-9-6-7-10-18(16)25-5/h6-7,9-10,17H,8,11-15H2,1-5H3,(H2,20,21,22). The van der Waals surface area contributed by atoms with E-state index in [9.17, 15) is 0 Å². The Hall–Kier alpha value is -1.83. The largest absolute Gasteiger partial charge is 0.496 e. The van der Waals surface area contributed by atoms with Gasteiger partial charge in [-0.25, -0.2) is 0 Å². The van der Waals surface area contributed by atoms with Crippen molar-refractivity contribution in [3.63, 3.8) is 0 Å². The predicted octanol–water partition coefficient (Wildman–Crippen LogP) is 1.52. The molecule has 0 saturated carbocycles. The van der Waals surface area contributed by atoms with Gasteiger partial charge in [0.1, 0.15) is 5.75 Å². The van der Waals surface area contributed by atoms with Gasteiger partial charge in [0.05, 0.1) is 26.4 Å². The molecule has 0 saturated heterocycles. The molecule has 7 heteroatoms. The number of hydrogen-bond acceptors (Lipinski definition) is 5. The van der Waals surface area contributed by atoms with E-state index >= 15 is 0 Å². The Bertz CT molecular complexity index is 523. The van der Waals surface area contributed by atoms with E-state index in [1.165, 1.54) is 0 Å². The molecule has 1 atom stereocenters. The number of para-hydroxylation sites is 1. The van der Waals surface area contributed by atoms with Crippen LogP contribution in [0.1, 0.15) is 18.0 Å². The van der Waals surface area contributed by atoms with Crippen LogP contribution in [-0.2, 0) is 9.47 Å². The maximum Gasteiger partial charge on any atom is 0.191 e. The lowest BCUT2D eigenvalue weighted by molar-refractivity contribution is 0.0698. The minimum Gasteiger partial charge on any atom is -0.496 e. The Balaban J connectivity index is 2.46. The second-order valence-electron chi connectivity index (χ2n) is 6.06. The quantitative estimate of drug-likeness (QED) is 0.332. The Labute approximate surface area is 157 Å². The van der Waals surface area contributed by atoms with Crippen molar-refractivity contribution in [3.05, 3.63) is 29.8 Å². The van der Waals surface area contributed by atoms with E-state index in [4.69, 9.17) is 14.2 Å². The second kappa shape index (κ2) is 13.4. The minimum absolute atomic E-state index is 0.169. The SMILES string of the molecule is CN=C(NCCCOCCOC)NCC(c1ccccc1OC)N(C)C. The number of rotatable bonds is 12. The number of ether oxygens (including phenoxy) is 3. The van der Waals surface area contributed by atoms with Gasteiger partial charge in [-0.1, -0.05) is 18.2 Å². The minimum atomic E-state index is 0.169. The summed E-state index contributed by atoms with van der Waals surface area (Å²) in [6.07, 6.45) is 0.911. The predicted molar refractivity (Wildman–Crippen MR) is 106 cm³/mol. The molecule has 0 spiro atoms. The van der Waals surface area contributed by atoms with E-state index in [1.807, 2.05) is 18.2 Å². The van der Waals surface area contributed by atoms with E-state index in [0.29, 0.717) is 19.8 Å². The fourth-order valence-electron chi connectivity index (χ4n) is 2.55. The van der Waals surface area contributed by atoms with E-state index in [0.717, 1.165) is 36.8 Å². The van der Waals surface area contributed by atoms with Crippen LogP contribution in [0.15, 0.2) is 29.3 Å². The van der Waals surface area contributed by atoms with Crippen molar-refractivity contribution in [1.29, 1.82) is 0 Å². The molecule has 1 aromatic carbocycles. The topological polar surface area (TPSA) is 67.4 Å². The van der Waals surface area contributed by atoms with Gasteiger partial charge in [-0.05, 0) is 26.6 Å². The molecule has 0 bridgehead atoms. The van der Waals surface area contributed by atoms with Gasteiger partial charge < -0.3 is 29.7 Å². The summed E-state index contributed by atoms with van der Waals surface area (Å²) in [4.78, 5) is 6.46. The first-order chi connectivity index (χ1) is 12.6. The summed E-state index contributed by atoms with van der Waals surface area (Å²) in [5.41, 5.74) is 1.15. The number of methoxy groups -OCH3 is 2. The average molecular weight is 367 g/mol. The van der Waals surface area contributed by atoms with Gasteiger partial charge in [-0.3, -0.25) is 4.99 Å². The molecule has 0 aliphatic carbocycles. The monoisotopic (exact) mass is 366 g/mol. The van der Waals surface area contributed by atoms with E-state index in [-0.39, 0.29) is 6.04 Å². The van der Waals surface area contributed by atoms with E-state index in [2.05, 4.69) is 40.7 Å². The lowest BCUT2D eigenvalue weighted by Gasteiger charge is -2.27. The summed E-state index contributed by atoms with van der Waals surface area (Å²) in [6.45, 7) is 3.48. The van der Waals surface area contributed by atoms with Crippen LogP contribution in [0.2, 0.25) is 0 Å². The lowest BCUT2D eigenvalue weighted by atomic mass is 10.0. The number of nitrogens with one attached hydrogen (secondary N) is 2. The van der Waals surface area contributed by atoms with Crippen molar-refractivity contribution in [3.8, 4) is 5.75 Å². The van der Waals surface area contributed by atoms with Gasteiger partial charge in [0.2, 0.25) is 0 Å². The summed E-state index contributed by atoms with van der Waals surface area (Å²) >= 11 is 0. The molecule has 0 radical (unpaired) electrons. The lowest BCUT2D eigenvalue weighted by Crippen LogP contribution is -2.42. The third-order valence-corrected chi connectivity index (χ3v) is 4.00. The van der Waals surface area contributed by atoms with Gasteiger partial charge >= 0.3 is 0 Å². The van der Waals surface area contributed by atoms with Gasteiger partial charge in [0.15, 0.2) is 5.96 Å². The van der Waals surface area contributed by atoms with Gasteiger partial charge in [0.25, 0.3) is 0 Å². The molecule has 0 aliphatic rings. The van der Waals surface area contributed by atoms with Crippen LogP contribution in [0, 0.1) is 0 Å². The van der Waals surface area contributed by atoms with Gasteiger partial charge in [0, 0.05) is 39.4 Å². The van der Waals surface area contributed by atoms with Crippen molar-refractivity contribution in [2.75, 3.05) is 68.3 Å². The normalized spacial score (nSPS) is 12.9. The zero-order valence-electron chi connectivity index (χ0n) is 16.7. The van der Waals surface area contributed by atoms with Crippen LogP contribution in [-0.4, -0.2) is 79.1 Å². The molecule has 0 heterocycles. The van der Waals surface area contributed by atoms with E-state index < -0.39 is 0 Å². The second-order valence-corrected chi connectivity index (χ2v) is 6.06. The zero-order valence-corrected chi connectivity index (χ0v) is 16.7. The third kappa shape index (κ3) is 8.03. The van der Waals surface area contributed by atoms with Crippen LogP contribution in [0.3, 0.4) is 0 Å². The summed E-state index contributed by atoms with van der Waals surface area (Å²) < 4.78 is 15.9. The summed E-state index contributed by atoms with van der Waals surface area (Å²) in [6, 6.07) is 8.27. The molecule has 148 valence electrons. The average Bonchev–Trinajstić information content (AvgIpc) is 2.65. The van der Waals surface area contributed by atoms with Gasteiger partial charge in [-0.2, -0.15) is 0 Å². The zero-order chi connectivity index (χ0) is 19.2. The maximum absolute atomic E-state index is 5.51.